The van der Waals surface area contributed by atoms with Gasteiger partial charge in [-0.2, -0.15) is 0 Å². The first kappa shape index (κ1) is 20.7. The number of amides is 2. The van der Waals surface area contributed by atoms with Crippen LogP contribution in [0, 0.1) is 0 Å². The number of benzene rings is 3. The van der Waals surface area contributed by atoms with Crippen LogP contribution in [0.3, 0.4) is 0 Å². The van der Waals surface area contributed by atoms with E-state index in [0.29, 0.717) is 28.0 Å². The van der Waals surface area contributed by atoms with Gasteiger partial charge >= 0.3 is 0 Å². The number of carbonyl (C=O) groups is 2. The Morgan fingerprint density at radius 2 is 1.67 bits per heavy atom. The second kappa shape index (κ2) is 9.08. The van der Waals surface area contributed by atoms with Crippen LogP contribution in [0.1, 0.15) is 11.1 Å². The number of rotatable bonds is 5. The average Bonchev–Trinajstić information content (AvgIpc) is 3.02. The molecule has 0 unspecified atom stereocenters. The van der Waals surface area contributed by atoms with Gasteiger partial charge < -0.3 is 4.74 Å². The van der Waals surface area contributed by atoms with Crippen LogP contribution in [-0.4, -0.2) is 11.1 Å². The highest BCUT2D eigenvalue weighted by Crippen LogP contribution is 2.39. The highest BCUT2D eigenvalue weighted by Gasteiger charge is 2.37. The van der Waals surface area contributed by atoms with Crippen LogP contribution in [0.15, 0.2) is 82.2 Å². The lowest BCUT2D eigenvalue weighted by atomic mass is 10.1. The zero-order valence-corrected chi connectivity index (χ0v) is 18.7. The van der Waals surface area contributed by atoms with E-state index in [9.17, 15) is 9.59 Å². The fraction of sp³-hybridized carbons (Fsp3) is 0.0435. The minimum Gasteiger partial charge on any atom is -0.488 e. The Balaban J connectivity index is 1.58. The van der Waals surface area contributed by atoms with Crippen LogP contribution in [0.2, 0.25) is 5.02 Å². The first-order valence-electron chi connectivity index (χ1n) is 9.02. The van der Waals surface area contributed by atoms with Crippen molar-refractivity contribution >= 4 is 62.2 Å². The molecule has 0 saturated carbocycles. The molecule has 7 heteroatoms. The molecule has 0 bridgehead atoms. The first-order valence-corrected chi connectivity index (χ1v) is 11.0. The van der Waals surface area contributed by atoms with E-state index in [1.165, 1.54) is 0 Å². The summed E-state index contributed by atoms with van der Waals surface area (Å²) in [6.45, 7) is 0.388. The Hall–Kier alpha value is -2.54. The summed E-state index contributed by atoms with van der Waals surface area (Å²) >= 11 is 10.5. The number of imide groups is 1. The molecule has 30 heavy (non-hydrogen) atoms. The molecule has 0 spiro atoms. The number of carbonyl (C=O) groups excluding carboxylic acids is 2. The molecule has 0 N–H and O–H groups in total. The van der Waals surface area contributed by atoms with Crippen molar-refractivity contribution in [3.05, 3.63) is 98.3 Å². The third kappa shape index (κ3) is 4.46. The molecule has 2 amide bonds. The van der Waals surface area contributed by atoms with Gasteiger partial charge in [-0.1, -0.05) is 70.0 Å². The maximum atomic E-state index is 12.9. The van der Waals surface area contributed by atoms with Crippen LogP contribution < -0.4 is 9.64 Å². The molecule has 1 saturated heterocycles. The SMILES string of the molecule is O=C1S/C(=C\c2ccccc2OCc2ccc(Br)cc2)C(=O)N1c1ccccc1Cl. The Labute approximate surface area is 191 Å². The normalized spacial score (nSPS) is 15.1. The maximum absolute atomic E-state index is 12.9. The maximum Gasteiger partial charge on any atom is 0.298 e. The highest BCUT2D eigenvalue weighted by molar-refractivity contribution is 9.10. The number of para-hydroxylation sites is 2. The average molecular weight is 501 g/mol. The summed E-state index contributed by atoms with van der Waals surface area (Å²) in [5.74, 6) is 0.228. The third-order valence-corrected chi connectivity index (χ3v) is 6.12. The van der Waals surface area contributed by atoms with Gasteiger partial charge in [-0.15, -0.1) is 0 Å². The zero-order chi connectivity index (χ0) is 21.1. The largest absolute Gasteiger partial charge is 0.488 e. The van der Waals surface area contributed by atoms with Crippen molar-refractivity contribution in [2.24, 2.45) is 0 Å². The fourth-order valence-electron chi connectivity index (χ4n) is 2.92. The number of hydrogen-bond donors (Lipinski definition) is 0. The van der Waals surface area contributed by atoms with Gasteiger partial charge in [0.2, 0.25) is 0 Å². The van der Waals surface area contributed by atoms with Gasteiger partial charge in [0.1, 0.15) is 12.4 Å². The molecule has 0 aliphatic carbocycles. The molecule has 0 radical (unpaired) electrons. The van der Waals surface area contributed by atoms with Crippen LogP contribution in [0.25, 0.3) is 6.08 Å². The lowest BCUT2D eigenvalue weighted by molar-refractivity contribution is -0.113. The smallest absolute Gasteiger partial charge is 0.298 e. The molecule has 3 aromatic carbocycles. The van der Waals surface area contributed by atoms with E-state index in [1.54, 1.807) is 30.3 Å². The van der Waals surface area contributed by atoms with E-state index < -0.39 is 5.91 Å². The third-order valence-electron chi connectivity index (χ3n) is 4.40. The molecular formula is C23H15BrClNO3S. The van der Waals surface area contributed by atoms with Crippen molar-refractivity contribution in [1.82, 2.24) is 0 Å². The second-order valence-corrected chi connectivity index (χ2v) is 8.74. The Morgan fingerprint density at radius 1 is 0.967 bits per heavy atom. The molecule has 4 nitrogen and oxygen atoms in total. The molecule has 0 atom stereocenters. The minimum absolute atomic E-state index is 0.319. The number of nitrogens with zero attached hydrogens (tertiary/aromatic N) is 1. The van der Waals surface area contributed by atoms with Gasteiger partial charge in [0.05, 0.1) is 15.6 Å². The van der Waals surface area contributed by atoms with Crippen LogP contribution in [0.5, 0.6) is 5.75 Å². The Morgan fingerprint density at radius 3 is 2.43 bits per heavy atom. The molecule has 1 aliphatic rings. The molecule has 4 rings (SSSR count). The molecule has 1 aliphatic heterocycles. The highest BCUT2D eigenvalue weighted by atomic mass is 79.9. The van der Waals surface area contributed by atoms with Crippen molar-refractivity contribution in [1.29, 1.82) is 0 Å². The van der Waals surface area contributed by atoms with Crippen molar-refractivity contribution in [2.45, 2.75) is 6.61 Å². The summed E-state index contributed by atoms with van der Waals surface area (Å²) in [6, 6.07) is 22.0. The molecule has 3 aromatic rings. The Bertz CT molecular complexity index is 1150. The summed E-state index contributed by atoms with van der Waals surface area (Å²) in [5.41, 5.74) is 2.12. The monoisotopic (exact) mass is 499 g/mol. The lowest BCUT2D eigenvalue weighted by Crippen LogP contribution is -2.27. The topological polar surface area (TPSA) is 46.6 Å². The summed E-state index contributed by atoms with van der Waals surface area (Å²) in [6.07, 6.45) is 1.68. The van der Waals surface area contributed by atoms with Gasteiger partial charge in [0.15, 0.2) is 0 Å². The number of halogens is 2. The van der Waals surface area contributed by atoms with Crippen LogP contribution in [0.4, 0.5) is 10.5 Å². The van der Waals surface area contributed by atoms with E-state index in [-0.39, 0.29) is 5.24 Å². The lowest BCUT2D eigenvalue weighted by Gasteiger charge is -2.13. The van der Waals surface area contributed by atoms with Crippen molar-refractivity contribution in [2.75, 3.05) is 4.90 Å². The summed E-state index contributed by atoms with van der Waals surface area (Å²) in [4.78, 5) is 26.8. The summed E-state index contributed by atoms with van der Waals surface area (Å²) in [5, 5.41) is -0.0353. The van der Waals surface area contributed by atoms with Gasteiger partial charge in [-0.3, -0.25) is 9.59 Å². The van der Waals surface area contributed by atoms with Crippen molar-refractivity contribution < 1.29 is 14.3 Å². The van der Waals surface area contributed by atoms with Gasteiger partial charge in [-0.25, -0.2) is 4.90 Å². The van der Waals surface area contributed by atoms with E-state index in [0.717, 1.165) is 32.3 Å². The zero-order valence-electron chi connectivity index (χ0n) is 15.5. The molecular weight excluding hydrogens is 486 g/mol. The van der Waals surface area contributed by atoms with Crippen LogP contribution >= 0.6 is 39.3 Å². The second-order valence-electron chi connectivity index (χ2n) is 6.42. The van der Waals surface area contributed by atoms with E-state index in [1.807, 2.05) is 48.5 Å². The van der Waals surface area contributed by atoms with Crippen molar-refractivity contribution in [3.63, 3.8) is 0 Å². The van der Waals surface area contributed by atoms with Crippen molar-refractivity contribution in [3.8, 4) is 5.75 Å². The quantitative estimate of drug-likeness (QED) is 0.357. The molecule has 150 valence electrons. The van der Waals surface area contributed by atoms with E-state index >= 15 is 0 Å². The number of ether oxygens (including phenoxy) is 1. The van der Waals surface area contributed by atoms with E-state index in [4.69, 9.17) is 16.3 Å². The summed E-state index contributed by atoms with van der Waals surface area (Å²) in [7, 11) is 0. The molecule has 0 aromatic heterocycles. The predicted molar refractivity (Wildman–Crippen MR) is 125 cm³/mol. The van der Waals surface area contributed by atoms with Gasteiger partial charge in [-0.05, 0) is 53.7 Å². The molecule has 1 heterocycles. The van der Waals surface area contributed by atoms with Gasteiger partial charge in [0, 0.05) is 10.0 Å². The fourth-order valence-corrected chi connectivity index (χ4v) is 4.23. The predicted octanol–water partition coefficient (Wildman–Crippen LogP) is 6.92. The summed E-state index contributed by atoms with van der Waals surface area (Å²) < 4.78 is 6.97. The Kier molecular flexibility index (Phi) is 6.27. The van der Waals surface area contributed by atoms with E-state index in [2.05, 4.69) is 15.9 Å². The minimum atomic E-state index is -0.402. The number of thioether (sulfide) groups is 1. The number of hydrogen-bond acceptors (Lipinski definition) is 4. The van der Waals surface area contributed by atoms with Crippen LogP contribution in [-0.2, 0) is 11.4 Å². The number of anilines is 1. The van der Waals surface area contributed by atoms with Gasteiger partial charge in [0.25, 0.3) is 11.1 Å². The molecule has 1 fully saturated rings. The first-order chi connectivity index (χ1) is 14.5. The standard InChI is InChI=1S/C23H15BrClNO3S/c24-17-11-9-15(10-12-17)14-29-20-8-4-1-5-16(20)13-21-22(27)26(23(28)30-21)19-7-3-2-6-18(19)25/h1-13H,14H2/b21-13-.